The zero-order valence-corrected chi connectivity index (χ0v) is 20.4. The van der Waals surface area contributed by atoms with E-state index < -0.39 is 0 Å². The van der Waals surface area contributed by atoms with E-state index in [1.54, 1.807) is 6.20 Å². The average Bonchev–Trinajstić information content (AvgIpc) is 3.62. The summed E-state index contributed by atoms with van der Waals surface area (Å²) in [5.41, 5.74) is 5.65. The zero-order valence-electron chi connectivity index (χ0n) is 19.5. The summed E-state index contributed by atoms with van der Waals surface area (Å²) in [5, 5.41) is 3.39. The van der Waals surface area contributed by atoms with Crippen LogP contribution in [0.2, 0.25) is 0 Å². The second-order valence-corrected chi connectivity index (χ2v) is 9.31. The SMILES string of the molecule is CCOc1ccc(Cc2nc3cc(C(=S)NCCc4cccnc4)ccc3n2CC2CC2)cc1. The molecule has 5 rings (SSSR count). The second-order valence-electron chi connectivity index (χ2n) is 8.91. The highest BCUT2D eigenvalue weighted by Crippen LogP contribution is 2.33. The predicted molar refractivity (Wildman–Crippen MR) is 141 cm³/mol. The number of aromatic nitrogens is 3. The Balaban J connectivity index is 1.33. The summed E-state index contributed by atoms with van der Waals surface area (Å²) in [6, 6.07) is 18.8. The molecule has 6 heteroatoms. The van der Waals surface area contributed by atoms with Gasteiger partial charge >= 0.3 is 0 Å². The molecule has 4 aromatic rings. The summed E-state index contributed by atoms with van der Waals surface area (Å²) in [7, 11) is 0. The van der Waals surface area contributed by atoms with Gasteiger partial charge in [-0.25, -0.2) is 4.98 Å². The third kappa shape index (κ3) is 5.45. The van der Waals surface area contributed by atoms with E-state index in [1.165, 1.54) is 29.5 Å². The molecule has 1 aliphatic rings. The maximum atomic E-state index is 5.68. The number of nitrogens with zero attached hydrogens (tertiary/aromatic N) is 3. The molecule has 2 heterocycles. The van der Waals surface area contributed by atoms with Crippen LogP contribution in [0, 0.1) is 5.92 Å². The first kappa shape index (κ1) is 22.5. The quantitative estimate of drug-likeness (QED) is 0.317. The lowest BCUT2D eigenvalue weighted by atomic mass is 10.1. The van der Waals surface area contributed by atoms with Crippen molar-refractivity contribution in [2.45, 2.75) is 39.2 Å². The van der Waals surface area contributed by atoms with E-state index in [4.69, 9.17) is 21.9 Å². The van der Waals surface area contributed by atoms with Crippen LogP contribution in [0.1, 0.15) is 42.3 Å². The monoisotopic (exact) mass is 470 g/mol. The van der Waals surface area contributed by atoms with Gasteiger partial charge in [0.15, 0.2) is 0 Å². The molecule has 174 valence electrons. The first-order valence-corrected chi connectivity index (χ1v) is 12.5. The standard InChI is InChI=1S/C28H30N4OS/c1-2-33-24-10-7-20(8-11-24)16-27-31-25-17-23(9-12-26(25)32(27)19-22-5-6-22)28(34)30-15-13-21-4-3-14-29-18-21/h3-4,7-12,14,17-18,22H,2,5-6,13,15-16,19H2,1H3,(H,30,34). The topological polar surface area (TPSA) is 52.0 Å². The van der Waals surface area contributed by atoms with Crippen molar-refractivity contribution in [2.75, 3.05) is 13.2 Å². The summed E-state index contributed by atoms with van der Waals surface area (Å²) in [6.45, 7) is 4.50. The van der Waals surface area contributed by atoms with Crippen LogP contribution in [-0.2, 0) is 19.4 Å². The minimum atomic E-state index is 0.680. The van der Waals surface area contributed by atoms with Crippen molar-refractivity contribution >= 4 is 28.2 Å². The molecule has 0 radical (unpaired) electrons. The maximum Gasteiger partial charge on any atom is 0.119 e. The number of pyridine rings is 1. The van der Waals surface area contributed by atoms with Crippen LogP contribution in [0.25, 0.3) is 11.0 Å². The van der Waals surface area contributed by atoms with Gasteiger partial charge in [-0.15, -0.1) is 0 Å². The summed E-state index contributed by atoms with van der Waals surface area (Å²) in [5.74, 6) is 2.79. The molecule has 1 N–H and O–H groups in total. The number of benzene rings is 2. The van der Waals surface area contributed by atoms with E-state index in [1.807, 2.05) is 31.3 Å². The molecule has 0 spiro atoms. The third-order valence-electron chi connectivity index (χ3n) is 6.25. The highest BCUT2D eigenvalue weighted by Gasteiger charge is 2.24. The van der Waals surface area contributed by atoms with E-state index in [-0.39, 0.29) is 0 Å². The summed E-state index contributed by atoms with van der Waals surface area (Å²) in [4.78, 5) is 9.99. The van der Waals surface area contributed by atoms with E-state index in [9.17, 15) is 0 Å². The van der Waals surface area contributed by atoms with Crippen molar-refractivity contribution in [1.82, 2.24) is 19.9 Å². The predicted octanol–water partition coefficient (Wildman–Crippen LogP) is 5.34. The fourth-order valence-electron chi connectivity index (χ4n) is 4.24. The Labute approximate surface area is 206 Å². The Morgan fingerprint density at radius 1 is 1.12 bits per heavy atom. The smallest absolute Gasteiger partial charge is 0.119 e. The fraction of sp³-hybridized carbons (Fsp3) is 0.321. The van der Waals surface area contributed by atoms with Gasteiger partial charge in [0, 0.05) is 37.5 Å². The Hall–Kier alpha value is -3.25. The van der Waals surface area contributed by atoms with Gasteiger partial charge in [0.2, 0.25) is 0 Å². The van der Waals surface area contributed by atoms with Crippen molar-refractivity contribution in [3.05, 3.63) is 89.5 Å². The molecule has 0 saturated heterocycles. The number of rotatable bonds is 10. The number of fused-ring (bicyclic) bond motifs is 1. The van der Waals surface area contributed by atoms with Crippen molar-refractivity contribution in [1.29, 1.82) is 0 Å². The van der Waals surface area contributed by atoms with Gasteiger partial charge in [0.1, 0.15) is 16.6 Å². The van der Waals surface area contributed by atoms with Gasteiger partial charge in [-0.2, -0.15) is 0 Å². The van der Waals surface area contributed by atoms with Crippen LogP contribution in [0.3, 0.4) is 0 Å². The van der Waals surface area contributed by atoms with Crippen LogP contribution < -0.4 is 10.1 Å². The molecule has 0 aliphatic heterocycles. The molecule has 34 heavy (non-hydrogen) atoms. The van der Waals surface area contributed by atoms with Crippen LogP contribution in [0.4, 0.5) is 0 Å². The van der Waals surface area contributed by atoms with E-state index in [0.29, 0.717) is 6.61 Å². The van der Waals surface area contributed by atoms with Crippen molar-refractivity contribution in [2.24, 2.45) is 5.92 Å². The van der Waals surface area contributed by atoms with Crippen molar-refractivity contribution in [3.63, 3.8) is 0 Å². The number of hydrogen-bond acceptors (Lipinski definition) is 4. The Morgan fingerprint density at radius 3 is 2.71 bits per heavy atom. The average molecular weight is 471 g/mol. The molecular weight excluding hydrogens is 440 g/mol. The Morgan fingerprint density at radius 2 is 1.97 bits per heavy atom. The number of ether oxygens (including phenoxy) is 1. The highest BCUT2D eigenvalue weighted by molar-refractivity contribution is 7.80. The van der Waals surface area contributed by atoms with Gasteiger partial charge in [0.05, 0.1) is 17.6 Å². The number of hydrogen-bond donors (Lipinski definition) is 1. The largest absolute Gasteiger partial charge is 0.494 e. The zero-order chi connectivity index (χ0) is 23.3. The highest BCUT2D eigenvalue weighted by atomic mass is 32.1. The van der Waals surface area contributed by atoms with Gasteiger partial charge in [-0.1, -0.05) is 30.4 Å². The molecule has 5 nitrogen and oxygen atoms in total. The summed E-state index contributed by atoms with van der Waals surface area (Å²) < 4.78 is 8.00. The molecule has 1 fully saturated rings. The third-order valence-corrected chi connectivity index (χ3v) is 6.63. The van der Waals surface area contributed by atoms with Crippen molar-refractivity contribution in [3.8, 4) is 5.75 Å². The van der Waals surface area contributed by atoms with Gasteiger partial charge in [-0.05, 0) is 79.6 Å². The Kier molecular flexibility index (Phi) is 6.86. The van der Waals surface area contributed by atoms with Gasteiger partial charge in [0.25, 0.3) is 0 Å². The second kappa shape index (κ2) is 10.3. The molecule has 1 saturated carbocycles. The summed E-state index contributed by atoms with van der Waals surface area (Å²) in [6.07, 6.45) is 8.00. The van der Waals surface area contributed by atoms with Crippen LogP contribution >= 0.6 is 12.2 Å². The number of thiocarbonyl (C=S) groups is 1. The Bertz CT molecular complexity index is 1260. The van der Waals surface area contributed by atoms with Crippen molar-refractivity contribution < 1.29 is 4.74 Å². The normalized spacial score (nSPS) is 13.2. The molecule has 0 bridgehead atoms. The van der Waals surface area contributed by atoms with E-state index in [2.05, 4.69) is 51.3 Å². The fourth-order valence-corrected chi connectivity index (χ4v) is 4.47. The van der Waals surface area contributed by atoms with Crippen LogP contribution in [0.15, 0.2) is 67.0 Å². The minimum absolute atomic E-state index is 0.680. The lowest BCUT2D eigenvalue weighted by Crippen LogP contribution is -2.24. The maximum absolute atomic E-state index is 5.68. The van der Waals surface area contributed by atoms with E-state index in [0.717, 1.165) is 59.5 Å². The minimum Gasteiger partial charge on any atom is -0.494 e. The van der Waals surface area contributed by atoms with Crippen LogP contribution in [-0.4, -0.2) is 32.7 Å². The first-order valence-electron chi connectivity index (χ1n) is 12.1. The number of nitrogens with one attached hydrogen (secondary N) is 1. The summed E-state index contributed by atoms with van der Waals surface area (Å²) >= 11 is 5.68. The molecule has 2 aromatic carbocycles. The molecule has 0 unspecified atom stereocenters. The lowest BCUT2D eigenvalue weighted by Gasteiger charge is -2.10. The van der Waals surface area contributed by atoms with E-state index >= 15 is 0 Å². The molecule has 0 amide bonds. The molecule has 1 aliphatic carbocycles. The van der Waals surface area contributed by atoms with Gasteiger partial charge < -0.3 is 14.6 Å². The first-order chi connectivity index (χ1) is 16.7. The lowest BCUT2D eigenvalue weighted by molar-refractivity contribution is 0.340. The molecule has 2 aromatic heterocycles. The van der Waals surface area contributed by atoms with Gasteiger partial charge in [-0.3, -0.25) is 4.98 Å². The van der Waals surface area contributed by atoms with Crippen LogP contribution in [0.5, 0.6) is 5.75 Å². The number of imidazole rings is 1. The molecular formula is C28H30N4OS. The molecule has 0 atom stereocenters.